The molecule has 0 amide bonds. The summed E-state index contributed by atoms with van der Waals surface area (Å²) in [5.41, 5.74) is 0.575. The van der Waals surface area contributed by atoms with Crippen LogP contribution in [-0.4, -0.2) is 38.6 Å². The summed E-state index contributed by atoms with van der Waals surface area (Å²) in [6.45, 7) is 1.61. The van der Waals surface area contributed by atoms with Gasteiger partial charge in [-0.05, 0) is 43.6 Å². The van der Waals surface area contributed by atoms with E-state index in [4.69, 9.17) is 5.11 Å². The molecule has 0 spiro atoms. The summed E-state index contributed by atoms with van der Waals surface area (Å²) in [5.74, 6) is -1.26. The van der Waals surface area contributed by atoms with Gasteiger partial charge in [-0.2, -0.15) is 0 Å². The fourth-order valence-electron chi connectivity index (χ4n) is 2.25. The molecule has 0 aromatic heterocycles. The van der Waals surface area contributed by atoms with Crippen molar-refractivity contribution in [3.05, 3.63) is 35.4 Å². The molecule has 0 radical (unpaired) electrons. The van der Waals surface area contributed by atoms with Crippen molar-refractivity contribution in [3.8, 4) is 0 Å². The molecule has 0 saturated carbocycles. The molecule has 7 heteroatoms. The van der Waals surface area contributed by atoms with Crippen LogP contribution in [0.2, 0.25) is 0 Å². The van der Waals surface area contributed by atoms with Crippen molar-refractivity contribution in [3.63, 3.8) is 0 Å². The Morgan fingerprint density at radius 2 is 2.05 bits per heavy atom. The van der Waals surface area contributed by atoms with Crippen molar-refractivity contribution in [1.29, 1.82) is 0 Å². The molecule has 1 heterocycles. The number of aromatic carboxylic acids is 1. The average molecular weight is 298 g/mol. The van der Waals surface area contributed by atoms with Crippen LogP contribution in [-0.2, 0) is 15.8 Å². The number of hydrogen-bond acceptors (Lipinski definition) is 4. The average Bonchev–Trinajstić information content (AvgIpc) is 2.39. The summed E-state index contributed by atoms with van der Waals surface area (Å²) in [7, 11) is -3.45. The second-order valence-electron chi connectivity index (χ2n) is 4.91. The highest BCUT2D eigenvalue weighted by molar-refractivity contribution is 7.88. The first-order valence-electron chi connectivity index (χ1n) is 6.49. The van der Waals surface area contributed by atoms with Crippen molar-refractivity contribution < 1.29 is 18.3 Å². The van der Waals surface area contributed by atoms with E-state index in [1.54, 1.807) is 12.1 Å². The molecule has 20 heavy (non-hydrogen) atoms. The van der Waals surface area contributed by atoms with Crippen molar-refractivity contribution in [2.45, 2.75) is 24.6 Å². The van der Waals surface area contributed by atoms with Crippen LogP contribution in [0.4, 0.5) is 0 Å². The van der Waals surface area contributed by atoms with Crippen LogP contribution in [0.15, 0.2) is 24.3 Å². The standard InChI is InChI=1S/C13H18N2O4S/c16-13(17)11-3-1-2-10(8-11)9-20(18,19)15-12-4-6-14-7-5-12/h1-3,8,12,14-15H,4-7,9H2,(H,16,17). The first-order valence-corrected chi connectivity index (χ1v) is 8.14. The van der Waals surface area contributed by atoms with E-state index in [1.807, 2.05) is 0 Å². The Morgan fingerprint density at radius 3 is 2.70 bits per heavy atom. The Balaban J connectivity index is 2.03. The quantitative estimate of drug-likeness (QED) is 0.738. The maximum Gasteiger partial charge on any atom is 0.335 e. The lowest BCUT2D eigenvalue weighted by Gasteiger charge is -2.23. The van der Waals surface area contributed by atoms with E-state index in [2.05, 4.69) is 10.0 Å². The third-order valence-corrected chi connectivity index (χ3v) is 4.62. The van der Waals surface area contributed by atoms with E-state index in [0.29, 0.717) is 5.56 Å². The lowest BCUT2D eigenvalue weighted by Crippen LogP contribution is -2.43. The highest BCUT2D eigenvalue weighted by atomic mass is 32.2. The molecule has 6 nitrogen and oxygen atoms in total. The second kappa shape index (κ2) is 6.34. The number of carbonyl (C=O) groups is 1. The fraction of sp³-hybridized carbons (Fsp3) is 0.462. The predicted molar refractivity (Wildman–Crippen MR) is 75.1 cm³/mol. The molecule has 0 bridgehead atoms. The van der Waals surface area contributed by atoms with Gasteiger partial charge in [0, 0.05) is 6.04 Å². The van der Waals surface area contributed by atoms with E-state index in [1.165, 1.54) is 12.1 Å². The zero-order chi connectivity index (χ0) is 14.6. The van der Waals surface area contributed by atoms with Gasteiger partial charge < -0.3 is 10.4 Å². The summed E-state index contributed by atoms with van der Waals surface area (Å²) in [4.78, 5) is 10.9. The number of carboxylic acid groups (broad SMARTS) is 1. The summed E-state index contributed by atoms with van der Waals surface area (Å²) >= 11 is 0. The maximum absolute atomic E-state index is 12.1. The van der Waals surface area contributed by atoms with Crippen LogP contribution in [0, 0.1) is 0 Å². The number of piperidine rings is 1. The van der Waals surface area contributed by atoms with E-state index in [9.17, 15) is 13.2 Å². The molecule has 1 aromatic rings. The predicted octanol–water partition coefficient (Wildman–Crippen LogP) is 0.556. The topological polar surface area (TPSA) is 95.5 Å². The van der Waals surface area contributed by atoms with E-state index < -0.39 is 16.0 Å². The minimum absolute atomic E-state index is 0.0380. The van der Waals surface area contributed by atoms with Crippen LogP contribution >= 0.6 is 0 Å². The lowest BCUT2D eigenvalue weighted by atomic mass is 10.1. The molecule has 1 aliphatic rings. The molecule has 1 aromatic carbocycles. The van der Waals surface area contributed by atoms with Crippen LogP contribution in [0.1, 0.15) is 28.8 Å². The monoisotopic (exact) mass is 298 g/mol. The summed E-state index contributed by atoms with van der Waals surface area (Å²) in [6.07, 6.45) is 1.54. The Labute approximate surface area is 118 Å². The molecular formula is C13H18N2O4S. The van der Waals surface area contributed by atoms with E-state index in [0.717, 1.165) is 25.9 Å². The van der Waals surface area contributed by atoms with Crippen molar-refractivity contribution >= 4 is 16.0 Å². The molecule has 1 aliphatic heterocycles. The van der Waals surface area contributed by atoms with Crippen molar-refractivity contribution in [2.75, 3.05) is 13.1 Å². The lowest BCUT2D eigenvalue weighted by molar-refractivity contribution is 0.0696. The summed E-state index contributed by atoms with van der Waals surface area (Å²) in [6, 6.07) is 5.97. The highest BCUT2D eigenvalue weighted by Gasteiger charge is 2.20. The molecule has 1 fully saturated rings. The first kappa shape index (κ1) is 15.0. The zero-order valence-electron chi connectivity index (χ0n) is 11.0. The number of rotatable bonds is 5. The van der Waals surface area contributed by atoms with Crippen molar-refractivity contribution in [2.24, 2.45) is 0 Å². The van der Waals surface area contributed by atoms with Gasteiger partial charge in [-0.3, -0.25) is 0 Å². The highest BCUT2D eigenvalue weighted by Crippen LogP contribution is 2.11. The summed E-state index contributed by atoms with van der Waals surface area (Å²) in [5, 5.41) is 12.1. The Bertz CT molecular complexity index is 580. The van der Waals surface area contributed by atoms with Crippen LogP contribution in [0.25, 0.3) is 0 Å². The Kier molecular flexibility index (Phi) is 4.74. The van der Waals surface area contributed by atoms with Gasteiger partial charge in [-0.15, -0.1) is 0 Å². The zero-order valence-corrected chi connectivity index (χ0v) is 11.8. The number of hydrogen-bond donors (Lipinski definition) is 3. The third kappa shape index (κ3) is 4.29. The van der Waals surface area contributed by atoms with Crippen molar-refractivity contribution in [1.82, 2.24) is 10.0 Å². The minimum atomic E-state index is -3.45. The number of carboxylic acids is 1. The van der Waals surface area contributed by atoms with Gasteiger partial charge in [0.2, 0.25) is 10.0 Å². The number of benzene rings is 1. The van der Waals surface area contributed by atoms with Gasteiger partial charge in [0.15, 0.2) is 0 Å². The summed E-state index contributed by atoms with van der Waals surface area (Å²) < 4.78 is 26.8. The van der Waals surface area contributed by atoms with Gasteiger partial charge >= 0.3 is 5.97 Å². The SMILES string of the molecule is O=C(O)c1cccc(CS(=O)(=O)NC2CCNCC2)c1. The molecule has 2 rings (SSSR count). The number of sulfonamides is 1. The minimum Gasteiger partial charge on any atom is -0.478 e. The molecular weight excluding hydrogens is 280 g/mol. The second-order valence-corrected chi connectivity index (χ2v) is 6.66. The van der Waals surface area contributed by atoms with Gasteiger partial charge in [0.25, 0.3) is 0 Å². The van der Waals surface area contributed by atoms with Gasteiger partial charge in [-0.25, -0.2) is 17.9 Å². The molecule has 1 saturated heterocycles. The Hall–Kier alpha value is -1.44. The molecule has 3 N–H and O–H groups in total. The van der Waals surface area contributed by atoms with Crippen LogP contribution < -0.4 is 10.0 Å². The Morgan fingerprint density at radius 1 is 1.35 bits per heavy atom. The molecule has 110 valence electrons. The smallest absolute Gasteiger partial charge is 0.335 e. The normalized spacial score (nSPS) is 17.0. The van der Waals surface area contributed by atoms with E-state index >= 15 is 0 Å². The fourth-order valence-corrected chi connectivity index (χ4v) is 3.69. The maximum atomic E-state index is 12.1. The first-order chi connectivity index (χ1) is 9.46. The van der Waals surface area contributed by atoms with Gasteiger partial charge in [0.05, 0.1) is 11.3 Å². The number of nitrogens with one attached hydrogen (secondary N) is 2. The van der Waals surface area contributed by atoms with Crippen LogP contribution in [0.3, 0.4) is 0 Å². The van der Waals surface area contributed by atoms with Crippen LogP contribution in [0.5, 0.6) is 0 Å². The van der Waals surface area contributed by atoms with Gasteiger partial charge in [-0.1, -0.05) is 12.1 Å². The molecule has 0 atom stereocenters. The largest absolute Gasteiger partial charge is 0.478 e. The molecule has 0 unspecified atom stereocenters. The van der Waals surface area contributed by atoms with E-state index in [-0.39, 0.29) is 17.4 Å². The van der Waals surface area contributed by atoms with Gasteiger partial charge in [0.1, 0.15) is 0 Å². The molecule has 0 aliphatic carbocycles. The third-order valence-electron chi connectivity index (χ3n) is 3.22.